The van der Waals surface area contributed by atoms with Crippen LogP contribution in [0.25, 0.3) is 0 Å². The number of nitrogens with zero attached hydrogens (tertiary/aromatic N) is 1. The van der Waals surface area contributed by atoms with E-state index in [1.807, 2.05) is 0 Å². The second-order valence-corrected chi connectivity index (χ2v) is 6.12. The monoisotopic (exact) mass is 226 g/mol. The Bertz CT molecular complexity index is 212. The van der Waals surface area contributed by atoms with Gasteiger partial charge in [0, 0.05) is 32.8 Å². The maximum Gasteiger partial charge on any atom is 0.0507 e. The molecule has 94 valence electrons. The molecule has 0 bridgehead atoms. The van der Waals surface area contributed by atoms with Gasteiger partial charge >= 0.3 is 0 Å². The van der Waals surface area contributed by atoms with Gasteiger partial charge in [0.1, 0.15) is 0 Å². The van der Waals surface area contributed by atoms with E-state index in [2.05, 4.69) is 24.1 Å². The molecular weight excluding hydrogens is 200 g/mol. The lowest BCUT2D eigenvalue weighted by Gasteiger charge is -2.20. The van der Waals surface area contributed by atoms with Crippen LogP contribution < -0.4 is 5.32 Å². The summed E-state index contributed by atoms with van der Waals surface area (Å²) in [4.78, 5) is 2.58. The molecule has 3 heteroatoms. The Morgan fingerprint density at radius 2 is 2.31 bits per heavy atom. The lowest BCUT2D eigenvalue weighted by Crippen LogP contribution is -2.33. The van der Waals surface area contributed by atoms with Crippen molar-refractivity contribution < 1.29 is 4.74 Å². The molecule has 1 unspecified atom stereocenters. The average Bonchev–Trinajstić information content (AvgIpc) is 2.82. The van der Waals surface area contributed by atoms with Crippen LogP contribution in [-0.4, -0.2) is 50.8 Å². The molecule has 0 aromatic carbocycles. The lowest BCUT2D eigenvalue weighted by atomic mass is 9.93. The number of likely N-dealkylation sites (tertiary alicyclic amines) is 1. The first-order valence-corrected chi connectivity index (χ1v) is 6.66. The predicted molar refractivity (Wildman–Crippen MR) is 66.6 cm³/mol. The van der Waals surface area contributed by atoms with Gasteiger partial charge in [0.25, 0.3) is 0 Å². The molecule has 0 amide bonds. The summed E-state index contributed by atoms with van der Waals surface area (Å²) >= 11 is 0. The van der Waals surface area contributed by atoms with Crippen LogP contribution in [0.5, 0.6) is 0 Å². The van der Waals surface area contributed by atoms with Crippen molar-refractivity contribution in [2.45, 2.75) is 26.7 Å². The highest BCUT2D eigenvalue weighted by atomic mass is 16.5. The van der Waals surface area contributed by atoms with Gasteiger partial charge < -0.3 is 15.0 Å². The molecular formula is C13H26N2O. The van der Waals surface area contributed by atoms with Crippen molar-refractivity contribution in [3.05, 3.63) is 0 Å². The molecule has 2 rings (SSSR count). The molecule has 0 aliphatic carbocycles. The molecule has 0 aromatic heterocycles. The van der Waals surface area contributed by atoms with Crippen LogP contribution in [0.2, 0.25) is 0 Å². The predicted octanol–water partition coefficient (Wildman–Crippen LogP) is 1.34. The second-order valence-electron chi connectivity index (χ2n) is 6.12. The number of rotatable bonds is 5. The fourth-order valence-electron chi connectivity index (χ4n) is 2.70. The minimum Gasteiger partial charge on any atom is -0.381 e. The van der Waals surface area contributed by atoms with Gasteiger partial charge in [0.15, 0.2) is 0 Å². The third-order valence-corrected chi connectivity index (χ3v) is 3.82. The van der Waals surface area contributed by atoms with E-state index in [1.54, 1.807) is 0 Å². The number of ether oxygens (including phenoxy) is 1. The molecule has 1 atom stereocenters. The van der Waals surface area contributed by atoms with E-state index in [9.17, 15) is 0 Å². The van der Waals surface area contributed by atoms with Crippen molar-refractivity contribution in [1.29, 1.82) is 0 Å². The topological polar surface area (TPSA) is 24.5 Å². The highest BCUT2D eigenvalue weighted by Crippen LogP contribution is 2.28. The first-order chi connectivity index (χ1) is 7.66. The molecule has 0 aromatic rings. The average molecular weight is 226 g/mol. The maximum atomic E-state index is 5.36. The fraction of sp³-hybridized carbons (Fsp3) is 1.00. The van der Waals surface area contributed by atoms with Crippen molar-refractivity contribution in [3.8, 4) is 0 Å². The Labute approximate surface area is 99.5 Å². The third-order valence-electron chi connectivity index (χ3n) is 3.82. The van der Waals surface area contributed by atoms with Gasteiger partial charge in [-0.05, 0) is 30.7 Å². The Balaban J connectivity index is 1.51. The Morgan fingerprint density at radius 3 is 2.94 bits per heavy atom. The van der Waals surface area contributed by atoms with Crippen molar-refractivity contribution in [2.24, 2.45) is 11.3 Å². The standard InChI is InChI=1S/C13H26N2O/c1-13(2)4-6-15(11-13)7-5-14-9-12-3-8-16-10-12/h12,14H,3-11H2,1-2H3. The number of hydrogen-bond acceptors (Lipinski definition) is 3. The highest BCUT2D eigenvalue weighted by molar-refractivity contribution is 4.82. The van der Waals surface area contributed by atoms with E-state index in [4.69, 9.17) is 4.74 Å². The van der Waals surface area contributed by atoms with Crippen molar-refractivity contribution in [2.75, 3.05) is 45.9 Å². The fourth-order valence-corrected chi connectivity index (χ4v) is 2.70. The lowest BCUT2D eigenvalue weighted by molar-refractivity contribution is 0.185. The first kappa shape index (κ1) is 12.3. The molecule has 2 aliphatic rings. The van der Waals surface area contributed by atoms with Gasteiger partial charge in [0.05, 0.1) is 6.61 Å². The van der Waals surface area contributed by atoms with Crippen LogP contribution >= 0.6 is 0 Å². The summed E-state index contributed by atoms with van der Waals surface area (Å²) in [7, 11) is 0. The zero-order valence-electron chi connectivity index (χ0n) is 10.8. The molecule has 1 N–H and O–H groups in total. The first-order valence-electron chi connectivity index (χ1n) is 6.66. The van der Waals surface area contributed by atoms with E-state index in [1.165, 1.54) is 32.5 Å². The van der Waals surface area contributed by atoms with Gasteiger partial charge in [-0.25, -0.2) is 0 Å². The molecule has 3 nitrogen and oxygen atoms in total. The molecule has 0 saturated carbocycles. The van der Waals surface area contributed by atoms with Crippen molar-refractivity contribution in [3.63, 3.8) is 0 Å². The van der Waals surface area contributed by atoms with Crippen LogP contribution in [0.1, 0.15) is 26.7 Å². The minimum atomic E-state index is 0.541. The molecule has 16 heavy (non-hydrogen) atoms. The van der Waals surface area contributed by atoms with Gasteiger partial charge in [-0.1, -0.05) is 13.8 Å². The third kappa shape index (κ3) is 3.72. The zero-order valence-corrected chi connectivity index (χ0v) is 10.8. The summed E-state index contributed by atoms with van der Waals surface area (Å²) < 4.78 is 5.36. The molecule has 2 saturated heterocycles. The van der Waals surface area contributed by atoms with Gasteiger partial charge in [0.2, 0.25) is 0 Å². The summed E-state index contributed by atoms with van der Waals surface area (Å²) in [5.41, 5.74) is 0.541. The summed E-state index contributed by atoms with van der Waals surface area (Å²) in [5, 5.41) is 3.56. The summed E-state index contributed by atoms with van der Waals surface area (Å²) in [6, 6.07) is 0. The van der Waals surface area contributed by atoms with Crippen LogP contribution in [0, 0.1) is 11.3 Å². The van der Waals surface area contributed by atoms with E-state index in [0.29, 0.717) is 5.41 Å². The molecule has 2 fully saturated rings. The van der Waals surface area contributed by atoms with Gasteiger partial charge in [-0.2, -0.15) is 0 Å². The van der Waals surface area contributed by atoms with E-state index in [0.717, 1.165) is 32.2 Å². The van der Waals surface area contributed by atoms with Crippen LogP contribution in [0.3, 0.4) is 0 Å². The quantitative estimate of drug-likeness (QED) is 0.716. The maximum absolute atomic E-state index is 5.36. The molecule has 2 aliphatic heterocycles. The second kappa shape index (κ2) is 5.48. The van der Waals surface area contributed by atoms with Crippen LogP contribution in [0.4, 0.5) is 0 Å². The molecule has 0 spiro atoms. The molecule has 2 heterocycles. The van der Waals surface area contributed by atoms with Crippen LogP contribution in [0.15, 0.2) is 0 Å². The van der Waals surface area contributed by atoms with Crippen molar-refractivity contribution >= 4 is 0 Å². The summed E-state index contributed by atoms with van der Waals surface area (Å²) in [6.07, 6.45) is 2.59. The Kier molecular flexibility index (Phi) is 4.22. The largest absolute Gasteiger partial charge is 0.381 e. The van der Waals surface area contributed by atoms with Crippen LogP contribution in [-0.2, 0) is 4.74 Å². The van der Waals surface area contributed by atoms with Gasteiger partial charge in [-0.15, -0.1) is 0 Å². The van der Waals surface area contributed by atoms with E-state index in [-0.39, 0.29) is 0 Å². The van der Waals surface area contributed by atoms with Crippen molar-refractivity contribution in [1.82, 2.24) is 10.2 Å². The van der Waals surface area contributed by atoms with E-state index < -0.39 is 0 Å². The zero-order chi connectivity index (χ0) is 11.4. The minimum absolute atomic E-state index is 0.541. The highest BCUT2D eigenvalue weighted by Gasteiger charge is 2.28. The molecule has 0 radical (unpaired) electrons. The summed E-state index contributed by atoms with van der Waals surface area (Å²) in [6.45, 7) is 12.7. The smallest absolute Gasteiger partial charge is 0.0507 e. The van der Waals surface area contributed by atoms with Gasteiger partial charge in [-0.3, -0.25) is 0 Å². The van der Waals surface area contributed by atoms with E-state index >= 15 is 0 Å². The normalized spacial score (nSPS) is 30.0. The Morgan fingerprint density at radius 1 is 1.44 bits per heavy atom. The Hall–Kier alpha value is -0.120. The summed E-state index contributed by atoms with van der Waals surface area (Å²) in [5.74, 6) is 0.759. The number of nitrogens with one attached hydrogen (secondary N) is 1. The number of hydrogen-bond donors (Lipinski definition) is 1. The SMILES string of the molecule is CC1(C)CCN(CCNCC2CCOC2)C1.